The van der Waals surface area contributed by atoms with Crippen LogP contribution in [0.15, 0.2) is 22.7 Å². The van der Waals surface area contributed by atoms with Crippen LogP contribution in [0.1, 0.15) is 25.8 Å². The summed E-state index contributed by atoms with van der Waals surface area (Å²) in [5, 5.41) is 3.55. The van der Waals surface area contributed by atoms with Gasteiger partial charge in [-0.2, -0.15) is 0 Å². The second kappa shape index (κ2) is 5.49. The average molecular weight is 300 g/mol. The van der Waals surface area contributed by atoms with Crippen LogP contribution < -0.4 is 5.32 Å². The fraction of sp³-hybridized carbons (Fsp3) is 0.571. The van der Waals surface area contributed by atoms with Crippen LogP contribution in [0, 0.1) is 17.7 Å². The largest absolute Gasteiger partial charge is 0.314 e. The van der Waals surface area contributed by atoms with Gasteiger partial charge in [0, 0.05) is 10.5 Å². The molecule has 0 amide bonds. The van der Waals surface area contributed by atoms with Gasteiger partial charge < -0.3 is 5.32 Å². The molecule has 3 heteroatoms. The molecule has 1 aliphatic carbocycles. The summed E-state index contributed by atoms with van der Waals surface area (Å²) >= 11 is 3.44. The molecular weight excluding hydrogens is 281 g/mol. The summed E-state index contributed by atoms with van der Waals surface area (Å²) in [6.07, 6.45) is 2.29. The highest BCUT2D eigenvalue weighted by molar-refractivity contribution is 9.10. The molecule has 1 nitrogen and oxygen atoms in total. The molecule has 1 N–H and O–H groups in total. The van der Waals surface area contributed by atoms with Gasteiger partial charge in [-0.3, -0.25) is 0 Å². The number of likely N-dealkylation sites (N-methyl/N-ethyl adjacent to an activating group) is 1. The van der Waals surface area contributed by atoms with Gasteiger partial charge in [0.25, 0.3) is 0 Å². The van der Waals surface area contributed by atoms with E-state index < -0.39 is 0 Å². The molecule has 94 valence electrons. The van der Waals surface area contributed by atoms with E-state index in [4.69, 9.17) is 0 Å². The van der Waals surface area contributed by atoms with Crippen LogP contribution in [-0.4, -0.2) is 12.6 Å². The quantitative estimate of drug-likeness (QED) is 0.873. The van der Waals surface area contributed by atoms with E-state index in [-0.39, 0.29) is 5.82 Å². The van der Waals surface area contributed by atoms with Crippen molar-refractivity contribution >= 4 is 15.9 Å². The van der Waals surface area contributed by atoms with Crippen molar-refractivity contribution in [1.82, 2.24) is 5.32 Å². The van der Waals surface area contributed by atoms with E-state index in [9.17, 15) is 4.39 Å². The number of hydrogen-bond donors (Lipinski definition) is 1. The Balaban J connectivity index is 2.06. The highest BCUT2D eigenvalue weighted by Gasteiger charge is 2.38. The van der Waals surface area contributed by atoms with Gasteiger partial charge in [0.05, 0.1) is 0 Å². The third kappa shape index (κ3) is 3.29. The molecular formula is C14H19BrFN. The lowest BCUT2D eigenvalue weighted by Gasteiger charge is -2.18. The Bertz CT molecular complexity index is 394. The smallest absolute Gasteiger partial charge is 0.124 e. The average Bonchev–Trinajstić information content (AvgIpc) is 2.98. The number of benzene rings is 1. The van der Waals surface area contributed by atoms with Gasteiger partial charge in [-0.15, -0.1) is 0 Å². The van der Waals surface area contributed by atoms with E-state index in [1.54, 1.807) is 12.1 Å². The Kier molecular flexibility index (Phi) is 4.21. The van der Waals surface area contributed by atoms with Crippen molar-refractivity contribution in [2.75, 3.05) is 6.54 Å². The Hall–Kier alpha value is -0.410. The molecule has 0 spiro atoms. The fourth-order valence-corrected chi connectivity index (χ4v) is 2.99. The molecule has 0 aliphatic heterocycles. The molecule has 1 aromatic carbocycles. The molecule has 17 heavy (non-hydrogen) atoms. The van der Waals surface area contributed by atoms with E-state index in [0.29, 0.717) is 6.04 Å². The monoisotopic (exact) mass is 299 g/mol. The predicted molar refractivity (Wildman–Crippen MR) is 72.5 cm³/mol. The van der Waals surface area contributed by atoms with Crippen molar-refractivity contribution in [2.24, 2.45) is 11.8 Å². The Morgan fingerprint density at radius 1 is 1.53 bits per heavy atom. The van der Waals surface area contributed by atoms with E-state index in [1.807, 2.05) is 6.07 Å². The zero-order valence-electron chi connectivity index (χ0n) is 10.3. The van der Waals surface area contributed by atoms with E-state index >= 15 is 0 Å². The maximum Gasteiger partial charge on any atom is 0.124 e. The van der Waals surface area contributed by atoms with Gasteiger partial charge in [0.15, 0.2) is 0 Å². The molecule has 0 heterocycles. The van der Waals surface area contributed by atoms with E-state index in [0.717, 1.165) is 29.3 Å². The highest BCUT2D eigenvalue weighted by Crippen LogP contribution is 2.41. The van der Waals surface area contributed by atoms with Crippen LogP contribution in [0.4, 0.5) is 4.39 Å². The first-order valence-corrected chi connectivity index (χ1v) is 7.08. The first-order chi connectivity index (χ1) is 8.11. The predicted octanol–water partition coefficient (Wildman–Crippen LogP) is 3.76. The molecule has 2 rings (SSSR count). The summed E-state index contributed by atoms with van der Waals surface area (Å²) in [6.45, 7) is 5.43. The summed E-state index contributed by atoms with van der Waals surface area (Å²) in [7, 11) is 0. The third-order valence-corrected chi connectivity index (χ3v) is 4.35. The van der Waals surface area contributed by atoms with Crippen molar-refractivity contribution in [3.63, 3.8) is 0 Å². The van der Waals surface area contributed by atoms with Crippen LogP contribution in [0.25, 0.3) is 0 Å². The molecule has 1 fully saturated rings. The lowest BCUT2D eigenvalue weighted by atomic mass is 10.0. The van der Waals surface area contributed by atoms with Crippen molar-refractivity contribution < 1.29 is 4.39 Å². The third-order valence-electron chi connectivity index (χ3n) is 3.61. The molecule has 1 aromatic rings. The van der Waals surface area contributed by atoms with E-state index in [1.165, 1.54) is 12.0 Å². The second-order valence-electron chi connectivity index (χ2n) is 4.98. The molecule has 1 aliphatic rings. The summed E-state index contributed by atoms with van der Waals surface area (Å²) in [4.78, 5) is 0. The lowest BCUT2D eigenvalue weighted by Crippen LogP contribution is -2.33. The van der Waals surface area contributed by atoms with Gasteiger partial charge in [0.1, 0.15) is 5.82 Å². The van der Waals surface area contributed by atoms with Gasteiger partial charge in [-0.25, -0.2) is 4.39 Å². The first kappa shape index (κ1) is 13.0. The first-order valence-electron chi connectivity index (χ1n) is 6.29. The number of halogens is 2. The molecule has 0 radical (unpaired) electrons. The number of rotatable bonds is 5. The molecule has 0 bridgehead atoms. The Labute approximate surface area is 111 Å². The van der Waals surface area contributed by atoms with Crippen LogP contribution in [0.2, 0.25) is 0 Å². The molecule has 0 saturated heterocycles. The molecule has 0 aromatic heterocycles. The van der Waals surface area contributed by atoms with Crippen molar-refractivity contribution in [2.45, 2.75) is 32.7 Å². The Morgan fingerprint density at radius 3 is 2.76 bits per heavy atom. The van der Waals surface area contributed by atoms with Gasteiger partial charge in [-0.05, 0) is 48.9 Å². The summed E-state index contributed by atoms with van der Waals surface area (Å²) < 4.78 is 13.9. The zero-order valence-corrected chi connectivity index (χ0v) is 11.9. The van der Waals surface area contributed by atoms with Crippen LogP contribution in [0.5, 0.6) is 0 Å². The van der Waals surface area contributed by atoms with Crippen LogP contribution >= 0.6 is 15.9 Å². The molecule has 3 unspecified atom stereocenters. The van der Waals surface area contributed by atoms with Gasteiger partial charge >= 0.3 is 0 Å². The van der Waals surface area contributed by atoms with Crippen LogP contribution in [0.3, 0.4) is 0 Å². The van der Waals surface area contributed by atoms with Crippen molar-refractivity contribution in [3.05, 3.63) is 34.1 Å². The molecule has 3 atom stereocenters. The van der Waals surface area contributed by atoms with E-state index in [2.05, 4.69) is 35.1 Å². The maximum atomic E-state index is 13.0. The molecule has 1 saturated carbocycles. The fourth-order valence-electron chi connectivity index (χ4n) is 2.47. The topological polar surface area (TPSA) is 12.0 Å². The van der Waals surface area contributed by atoms with Crippen molar-refractivity contribution in [1.29, 1.82) is 0 Å². The highest BCUT2D eigenvalue weighted by atomic mass is 79.9. The zero-order chi connectivity index (χ0) is 12.4. The van der Waals surface area contributed by atoms with Gasteiger partial charge in [-0.1, -0.05) is 35.8 Å². The summed E-state index contributed by atoms with van der Waals surface area (Å²) in [6, 6.07) is 5.50. The minimum atomic E-state index is -0.180. The lowest BCUT2D eigenvalue weighted by molar-refractivity contribution is 0.453. The summed E-state index contributed by atoms with van der Waals surface area (Å²) in [5.74, 6) is 1.44. The number of nitrogens with one attached hydrogen (secondary N) is 1. The minimum absolute atomic E-state index is 0.180. The maximum absolute atomic E-state index is 13.0. The second-order valence-corrected chi connectivity index (χ2v) is 5.84. The number of hydrogen-bond acceptors (Lipinski definition) is 1. The van der Waals surface area contributed by atoms with Crippen molar-refractivity contribution in [3.8, 4) is 0 Å². The summed E-state index contributed by atoms with van der Waals surface area (Å²) in [5.41, 5.74) is 1.19. The van der Waals surface area contributed by atoms with Gasteiger partial charge in [0.2, 0.25) is 0 Å². The SMILES string of the molecule is CCNC(Cc1ccc(F)cc1Br)C1CC1C. The standard InChI is InChI=1S/C14H19BrFN/c1-3-17-14(12-6-9(12)2)7-10-4-5-11(16)8-13(10)15/h4-5,8-9,12,14,17H,3,6-7H2,1-2H3. The van der Waals surface area contributed by atoms with Crippen LogP contribution in [-0.2, 0) is 6.42 Å². The Morgan fingerprint density at radius 2 is 2.24 bits per heavy atom. The minimum Gasteiger partial charge on any atom is -0.314 e. The normalized spacial score (nSPS) is 24.7.